The third-order valence-corrected chi connectivity index (χ3v) is 6.96. The zero-order valence-corrected chi connectivity index (χ0v) is 17.1. The van der Waals surface area contributed by atoms with Gasteiger partial charge in [-0.05, 0) is 43.2 Å². The van der Waals surface area contributed by atoms with E-state index in [0.29, 0.717) is 5.75 Å². The Balaban J connectivity index is 1.65. The number of nitrogens with one attached hydrogen (secondary N) is 1. The summed E-state index contributed by atoms with van der Waals surface area (Å²) in [5.74, 6) is -2.02. The molecule has 0 aliphatic carbocycles. The molecule has 1 amide bonds. The molecule has 1 heterocycles. The van der Waals surface area contributed by atoms with Gasteiger partial charge in [-0.2, -0.15) is 4.31 Å². The second-order valence-corrected chi connectivity index (χ2v) is 8.93. The van der Waals surface area contributed by atoms with Crippen LogP contribution in [0.3, 0.4) is 0 Å². The lowest BCUT2D eigenvalue weighted by Crippen LogP contribution is -2.41. The highest BCUT2D eigenvalue weighted by Gasteiger charge is 2.32. The second-order valence-electron chi connectivity index (χ2n) is 6.59. The molecule has 29 heavy (non-hydrogen) atoms. The van der Waals surface area contributed by atoms with Crippen LogP contribution in [0.25, 0.3) is 0 Å². The largest absolute Gasteiger partial charge is 0.495 e. The first kappa shape index (κ1) is 21.5. The van der Waals surface area contributed by atoms with Crippen molar-refractivity contribution in [2.45, 2.75) is 17.7 Å². The molecule has 1 aliphatic heterocycles. The van der Waals surface area contributed by atoms with Gasteiger partial charge in [0.2, 0.25) is 15.9 Å². The summed E-state index contributed by atoms with van der Waals surface area (Å²) in [5, 5.41) is 2.55. The van der Waals surface area contributed by atoms with E-state index < -0.39 is 33.5 Å². The van der Waals surface area contributed by atoms with E-state index in [9.17, 15) is 22.0 Å². The van der Waals surface area contributed by atoms with Crippen LogP contribution in [0, 0.1) is 17.6 Å². The number of piperidine rings is 1. The van der Waals surface area contributed by atoms with Gasteiger partial charge in [0.1, 0.15) is 17.4 Å². The van der Waals surface area contributed by atoms with Gasteiger partial charge in [0.05, 0.1) is 22.7 Å². The lowest BCUT2D eigenvalue weighted by Gasteiger charge is -2.30. The Bertz CT molecular complexity index is 1020. The molecule has 10 heteroatoms. The van der Waals surface area contributed by atoms with Gasteiger partial charge < -0.3 is 10.1 Å². The topological polar surface area (TPSA) is 75.7 Å². The molecule has 2 aromatic rings. The molecule has 0 spiro atoms. The van der Waals surface area contributed by atoms with Crippen LogP contribution >= 0.6 is 11.6 Å². The molecule has 2 aromatic carbocycles. The Kier molecular flexibility index (Phi) is 6.40. The fourth-order valence-electron chi connectivity index (χ4n) is 3.14. The number of anilines is 1. The van der Waals surface area contributed by atoms with Crippen LogP contribution in [0.4, 0.5) is 14.5 Å². The zero-order chi connectivity index (χ0) is 21.2. The van der Waals surface area contributed by atoms with E-state index in [0.717, 1.165) is 18.2 Å². The van der Waals surface area contributed by atoms with Crippen LogP contribution in [0.1, 0.15) is 12.8 Å². The molecule has 1 fully saturated rings. The molecule has 1 saturated heterocycles. The maximum atomic E-state index is 13.7. The van der Waals surface area contributed by atoms with Gasteiger partial charge in [0.15, 0.2) is 0 Å². The quantitative estimate of drug-likeness (QED) is 0.763. The molecule has 1 aliphatic rings. The van der Waals surface area contributed by atoms with Gasteiger partial charge in [-0.3, -0.25) is 4.79 Å². The van der Waals surface area contributed by atoms with Crippen molar-refractivity contribution in [3.63, 3.8) is 0 Å². The SMILES string of the molecule is COc1ccc(S(=O)(=O)N2CCC(C(=O)Nc3cc(F)ccc3F)CC2)cc1Cl. The summed E-state index contributed by atoms with van der Waals surface area (Å²) in [6.07, 6.45) is 0.512. The van der Waals surface area contributed by atoms with Crippen LogP contribution in [0.15, 0.2) is 41.3 Å². The van der Waals surface area contributed by atoms with Crippen molar-refractivity contribution in [1.29, 1.82) is 0 Å². The number of rotatable bonds is 5. The van der Waals surface area contributed by atoms with Crippen molar-refractivity contribution in [2.75, 3.05) is 25.5 Å². The first-order chi connectivity index (χ1) is 13.7. The summed E-state index contributed by atoms with van der Waals surface area (Å²) in [6.45, 7) is 0.241. The third kappa shape index (κ3) is 4.68. The molecule has 3 rings (SSSR count). The predicted molar refractivity (Wildman–Crippen MR) is 104 cm³/mol. The first-order valence-electron chi connectivity index (χ1n) is 8.82. The predicted octanol–water partition coefficient (Wildman–Crippen LogP) is 3.67. The minimum absolute atomic E-state index is 0.0352. The highest BCUT2D eigenvalue weighted by Crippen LogP contribution is 2.30. The van der Waals surface area contributed by atoms with Gasteiger partial charge in [-0.25, -0.2) is 17.2 Å². The number of ether oxygens (including phenoxy) is 1. The molecule has 0 unspecified atom stereocenters. The van der Waals surface area contributed by atoms with E-state index in [1.54, 1.807) is 0 Å². The smallest absolute Gasteiger partial charge is 0.243 e. The number of halogens is 3. The molecule has 0 bridgehead atoms. The summed E-state index contributed by atoms with van der Waals surface area (Å²) < 4.78 is 58.9. The number of amides is 1. The number of carbonyl (C=O) groups excluding carboxylic acids is 1. The van der Waals surface area contributed by atoms with Crippen LogP contribution < -0.4 is 10.1 Å². The molecule has 0 atom stereocenters. The maximum Gasteiger partial charge on any atom is 0.243 e. The summed E-state index contributed by atoms with van der Waals surface area (Å²) in [6, 6.07) is 7.00. The van der Waals surface area contributed by atoms with Crippen LogP contribution in [-0.4, -0.2) is 38.8 Å². The molecular formula is C19H19ClF2N2O4S. The van der Waals surface area contributed by atoms with Gasteiger partial charge in [-0.15, -0.1) is 0 Å². The molecule has 156 valence electrons. The molecule has 6 nitrogen and oxygen atoms in total. The van der Waals surface area contributed by atoms with E-state index in [-0.39, 0.29) is 41.5 Å². The number of methoxy groups -OCH3 is 1. The lowest BCUT2D eigenvalue weighted by molar-refractivity contribution is -0.120. The highest BCUT2D eigenvalue weighted by atomic mass is 35.5. The number of sulfonamides is 1. The van der Waals surface area contributed by atoms with Crippen LogP contribution in [-0.2, 0) is 14.8 Å². The standard InChI is InChI=1S/C19H19ClF2N2O4S/c1-28-18-5-3-14(11-15(18)20)29(26,27)24-8-6-12(7-9-24)19(25)23-17-10-13(21)2-4-16(17)22/h2-5,10-12H,6-9H2,1H3,(H,23,25). The highest BCUT2D eigenvalue weighted by molar-refractivity contribution is 7.89. The zero-order valence-electron chi connectivity index (χ0n) is 15.5. The lowest BCUT2D eigenvalue weighted by atomic mass is 9.97. The Morgan fingerprint density at radius 3 is 2.48 bits per heavy atom. The van der Waals surface area contributed by atoms with Crippen molar-refractivity contribution < 1.29 is 26.7 Å². The Morgan fingerprint density at radius 2 is 1.86 bits per heavy atom. The first-order valence-corrected chi connectivity index (χ1v) is 10.6. The van der Waals surface area contributed by atoms with Crippen molar-refractivity contribution in [1.82, 2.24) is 4.31 Å². The molecule has 1 N–H and O–H groups in total. The normalized spacial score (nSPS) is 15.9. The summed E-state index contributed by atoms with van der Waals surface area (Å²) >= 11 is 6.02. The number of hydrogen-bond acceptors (Lipinski definition) is 4. The van der Waals surface area contributed by atoms with Crippen molar-refractivity contribution in [2.24, 2.45) is 5.92 Å². The van der Waals surface area contributed by atoms with Gasteiger partial charge in [0.25, 0.3) is 0 Å². The fraction of sp³-hybridized carbons (Fsp3) is 0.316. The average molecular weight is 445 g/mol. The van der Waals surface area contributed by atoms with Crippen molar-refractivity contribution in [3.05, 3.63) is 53.1 Å². The van der Waals surface area contributed by atoms with Gasteiger partial charge >= 0.3 is 0 Å². The van der Waals surface area contributed by atoms with E-state index in [2.05, 4.69) is 5.32 Å². The third-order valence-electron chi connectivity index (χ3n) is 4.77. The fourth-order valence-corrected chi connectivity index (χ4v) is 4.96. The van der Waals surface area contributed by atoms with E-state index in [4.69, 9.17) is 16.3 Å². The average Bonchev–Trinajstić information content (AvgIpc) is 2.70. The monoisotopic (exact) mass is 444 g/mol. The molecule has 0 radical (unpaired) electrons. The number of hydrogen-bond donors (Lipinski definition) is 1. The number of carbonyl (C=O) groups is 1. The van der Waals surface area contributed by atoms with E-state index >= 15 is 0 Å². The van der Waals surface area contributed by atoms with Crippen LogP contribution in [0.2, 0.25) is 5.02 Å². The Morgan fingerprint density at radius 1 is 1.17 bits per heavy atom. The number of benzene rings is 2. The summed E-state index contributed by atoms with van der Waals surface area (Å²) in [7, 11) is -2.35. The van der Waals surface area contributed by atoms with E-state index in [1.165, 1.54) is 29.6 Å². The second kappa shape index (κ2) is 8.64. The van der Waals surface area contributed by atoms with Crippen molar-refractivity contribution in [3.8, 4) is 5.75 Å². The number of nitrogens with zero attached hydrogens (tertiary/aromatic N) is 1. The molecular weight excluding hydrogens is 426 g/mol. The minimum Gasteiger partial charge on any atom is -0.495 e. The van der Waals surface area contributed by atoms with E-state index in [1.807, 2.05) is 0 Å². The minimum atomic E-state index is -3.78. The Labute approximate surface area is 172 Å². The molecule has 0 aromatic heterocycles. The Hall–Kier alpha value is -2.23. The van der Waals surface area contributed by atoms with Crippen LogP contribution in [0.5, 0.6) is 5.75 Å². The molecule has 0 saturated carbocycles. The summed E-state index contributed by atoms with van der Waals surface area (Å²) in [5.41, 5.74) is -0.238. The maximum absolute atomic E-state index is 13.7. The summed E-state index contributed by atoms with van der Waals surface area (Å²) in [4.78, 5) is 12.4. The van der Waals surface area contributed by atoms with Gasteiger partial charge in [-0.1, -0.05) is 11.6 Å². The van der Waals surface area contributed by atoms with Gasteiger partial charge in [0, 0.05) is 25.1 Å². The van der Waals surface area contributed by atoms with Crippen molar-refractivity contribution >= 4 is 33.2 Å².